The van der Waals surface area contributed by atoms with Crippen LogP contribution in [0.15, 0.2) is 43.1 Å². The number of benzene rings is 1. The number of halogens is 2. The first-order valence-corrected chi connectivity index (χ1v) is 8.09. The fraction of sp³-hybridized carbons (Fsp3) is 0.333. The van der Waals surface area contributed by atoms with Crippen LogP contribution in [-0.4, -0.2) is 27.6 Å². The van der Waals surface area contributed by atoms with Crippen LogP contribution in [-0.2, 0) is 0 Å². The molecule has 0 aliphatic carbocycles. The highest BCUT2D eigenvalue weighted by Gasteiger charge is 2.28. The molecule has 124 valence electrons. The summed E-state index contributed by atoms with van der Waals surface area (Å²) < 4.78 is 29.8. The fourth-order valence-electron chi connectivity index (χ4n) is 3.56. The quantitative estimate of drug-likeness (QED) is 0.717. The molecular formula is C18H18F2N4. The highest BCUT2D eigenvalue weighted by atomic mass is 19.1. The molecule has 0 radical (unpaired) electrons. The number of rotatable bonds is 2. The minimum absolute atomic E-state index is 0.215. The van der Waals surface area contributed by atoms with E-state index in [9.17, 15) is 8.78 Å². The maximum atomic E-state index is 14.0. The van der Waals surface area contributed by atoms with Crippen molar-refractivity contribution in [2.75, 3.05) is 18.0 Å². The van der Waals surface area contributed by atoms with Crippen molar-refractivity contribution in [2.45, 2.75) is 19.4 Å². The predicted octanol–water partition coefficient (Wildman–Crippen LogP) is 3.80. The Balaban J connectivity index is 1.75. The van der Waals surface area contributed by atoms with Crippen LogP contribution in [0.5, 0.6) is 0 Å². The summed E-state index contributed by atoms with van der Waals surface area (Å²) in [4.78, 5) is 10.4. The van der Waals surface area contributed by atoms with Gasteiger partial charge in [0, 0.05) is 48.8 Å². The molecule has 4 nitrogen and oxygen atoms in total. The summed E-state index contributed by atoms with van der Waals surface area (Å²) in [6.45, 7) is 3.85. The van der Waals surface area contributed by atoms with Crippen molar-refractivity contribution in [3.8, 4) is 0 Å². The minimum Gasteiger partial charge on any atom is -0.369 e. The molecule has 0 saturated carbocycles. The van der Waals surface area contributed by atoms with Gasteiger partial charge >= 0.3 is 0 Å². The van der Waals surface area contributed by atoms with Gasteiger partial charge in [-0.3, -0.25) is 4.98 Å². The fourth-order valence-corrected chi connectivity index (χ4v) is 3.56. The second-order valence-corrected chi connectivity index (χ2v) is 6.40. The number of hydrogen-bond donors (Lipinski definition) is 0. The van der Waals surface area contributed by atoms with Crippen LogP contribution in [0.4, 0.5) is 14.5 Å². The van der Waals surface area contributed by atoms with E-state index < -0.39 is 11.6 Å². The second kappa shape index (κ2) is 5.85. The lowest BCUT2D eigenvalue weighted by atomic mass is 9.92. The summed E-state index contributed by atoms with van der Waals surface area (Å²) in [5, 5.41) is 0.522. The zero-order valence-electron chi connectivity index (χ0n) is 13.4. The summed E-state index contributed by atoms with van der Waals surface area (Å²) in [7, 11) is 0. The van der Waals surface area contributed by atoms with Crippen molar-refractivity contribution < 1.29 is 8.78 Å². The third-order valence-corrected chi connectivity index (χ3v) is 4.91. The van der Waals surface area contributed by atoms with Crippen molar-refractivity contribution in [1.82, 2.24) is 14.5 Å². The van der Waals surface area contributed by atoms with Gasteiger partial charge < -0.3 is 9.47 Å². The van der Waals surface area contributed by atoms with Crippen LogP contribution in [0.1, 0.15) is 19.4 Å². The topological polar surface area (TPSA) is 34.0 Å². The van der Waals surface area contributed by atoms with Crippen molar-refractivity contribution in [2.24, 2.45) is 5.92 Å². The molecule has 0 bridgehead atoms. The molecule has 24 heavy (non-hydrogen) atoms. The molecule has 1 aliphatic rings. The van der Waals surface area contributed by atoms with Crippen molar-refractivity contribution >= 4 is 16.6 Å². The number of fused-ring (bicyclic) bond motifs is 1. The summed E-state index contributed by atoms with van der Waals surface area (Å²) in [6, 6.07) is 4.36. The Bertz CT molecular complexity index is 863. The van der Waals surface area contributed by atoms with Gasteiger partial charge in [0.15, 0.2) is 5.82 Å². The third kappa shape index (κ3) is 2.52. The standard InChI is InChI=1S/C18H18F2N4/c1-12-3-6-23(10-17(12)24-7-5-21-11-24)16-2-4-22-18-14(16)8-13(19)9-15(18)20/h2,4-5,7-9,11-12,17H,3,6,10H2,1H3. The summed E-state index contributed by atoms with van der Waals surface area (Å²) in [5.74, 6) is -0.689. The molecule has 2 atom stereocenters. The number of anilines is 1. The van der Waals surface area contributed by atoms with Gasteiger partial charge in [-0.15, -0.1) is 0 Å². The average Bonchev–Trinajstić information content (AvgIpc) is 3.09. The average molecular weight is 328 g/mol. The van der Waals surface area contributed by atoms with E-state index in [1.54, 1.807) is 12.4 Å². The maximum absolute atomic E-state index is 14.0. The Morgan fingerprint density at radius 2 is 2.08 bits per heavy atom. The molecule has 4 rings (SSSR count). The van der Waals surface area contributed by atoms with Gasteiger partial charge in [-0.05, 0) is 24.5 Å². The summed E-state index contributed by atoms with van der Waals surface area (Å²) in [5.41, 5.74) is 1.04. The first-order valence-electron chi connectivity index (χ1n) is 8.09. The van der Waals surface area contributed by atoms with Gasteiger partial charge in [-0.25, -0.2) is 13.8 Å². The summed E-state index contributed by atoms with van der Waals surface area (Å²) in [6.07, 6.45) is 8.16. The molecule has 2 aromatic heterocycles. The van der Waals surface area contributed by atoms with Gasteiger partial charge in [0.1, 0.15) is 11.3 Å². The first-order chi connectivity index (χ1) is 11.6. The zero-order valence-corrected chi connectivity index (χ0v) is 13.4. The highest BCUT2D eigenvalue weighted by molar-refractivity contribution is 5.92. The normalized spacial score (nSPS) is 21.4. The number of pyridine rings is 1. The highest BCUT2D eigenvalue weighted by Crippen LogP contribution is 2.34. The van der Waals surface area contributed by atoms with Crippen LogP contribution in [0.2, 0.25) is 0 Å². The molecular weight excluding hydrogens is 310 g/mol. The Morgan fingerprint density at radius 3 is 2.88 bits per heavy atom. The van der Waals surface area contributed by atoms with E-state index in [0.29, 0.717) is 11.3 Å². The number of imidazole rings is 1. The molecule has 0 spiro atoms. The van der Waals surface area contributed by atoms with Gasteiger partial charge in [0.2, 0.25) is 0 Å². The third-order valence-electron chi connectivity index (χ3n) is 4.91. The van der Waals surface area contributed by atoms with Crippen LogP contribution < -0.4 is 4.90 Å². The van der Waals surface area contributed by atoms with E-state index in [1.807, 2.05) is 18.6 Å². The van der Waals surface area contributed by atoms with Crippen LogP contribution in [0.3, 0.4) is 0 Å². The van der Waals surface area contributed by atoms with E-state index in [4.69, 9.17) is 0 Å². The molecule has 1 aliphatic heterocycles. The van der Waals surface area contributed by atoms with Crippen molar-refractivity contribution in [3.05, 3.63) is 54.8 Å². The van der Waals surface area contributed by atoms with Gasteiger partial charge in [0.25, 0.3) is 0 Å². The Kier molecular flexibility index (Phi) is 3.67. The first kappa shape index (κ1) is 15.1. The van der Waals surface area contributed by atoms with Gasteiger partial charge in [-0.1, -0.05) is 6.92 Å². The predicted molar refractivity (Wildman–Crippen MR) is 88.9 cm³/mol. The lowest BCUT2D eigenvalue weighted by Gasteiger charge is -2.39. The van der Waals surface area contributed by atoms with Crippen LogP contribution >= 0.6 is 0 Å². The number of piperidine rings is 1. The van der Waals surface area contributed by atoms with E-state index in [0.717, 1.165) is 31.3 Å². The Labute approximate surface area is 138 Å². The maximum Gasteiger partial charge on any atom is 0.152 e. The lowest BCUT2D eigenvalue weighted by molar-refractivity contribution is 0.299. The van der Waals surface area contributed by atoms with Gasteiger partial charge in [0.05, 0.1) is 12.4 Å². The molecule has 6 heteroatoms. The van der Waals surface area contributed by atoms with Crippen molar-refractivity contribution in [3.63, 3.8) is 0 Å². The number of aromatic nitrogens is 3. The van der Waals surface area contributed by atoms with Gasteiger partial charge in [-0.2, -0.15) is 0 Å². The van der Waals surface area contributed by atoms with Crippen LogP contribution in [0, 0.1) is 17.6 Å². The molecule has 3 aromatic rings. The Morgan fingerprint density at radius 1 is 1.21 bits per heavy atom. The zero-order chi connectivity index (χ0) is 16.7. The Hall–Kier alpha value is -2.50. The van der Waals surface area contributed by atoms with Crippen molar-refractivity contribution in [1.29, 1.82) is 0 Å². The molecule has 3 heterocycles. The van der Waals surface area contributed by atoms with Crippen LogP contribution in [0.25, 0.3) is 10.9 Å². The molecule has 2 unspecified atom stereocenters. The van der Waals surface area contributed by atoms with E-state index >= 15 is 0 Å². The molecule has 1 saturated heterocycles. The van der Waals surface area contributed by atoms with E-state index in [1.165, 1.54) is 6.07 Å². The molecule has 0 amide bonds. The van der Waals surface area contributed by atoms with E-state index in [2.05, 4.69) is 26.4 Å². The number of hydrogen-bond acceptors (Lipinski definition) is 3. The summed E-state index contributed by atoms with van der Waals surface area (Å²) >= 11 is 0. The number of nitrogens with zero attached hydrogens (tertiary/aromatic N) is 4. The molecule has 1 fully saturated rings. The second-order valence-electron chi connectivity index (χ2n) is 6.40. The minimum atomic E-state index is -0.622. The molecule has 1 aromatic carbocycles. The SMILES string of the molecule is CC1CCN(c2ccnc3c(F)cc(F)cc23)CC1n1ccnc1. The monoisotopic (exact) mass is 328 g/mol. The van der Waals surface area contributed by atoms with E-state index in [-0.39, 0.29) is 11.6 Å². The largest absolute Gasteiger partial charge is 0.369 e. The smallest absolute Gasteiger partial charge is 0.152 e. The lowest BCUT2D eigenvalue weighted by Crippen LogP contribution is -2.40. The molecule has 0 N–H and O–H groups in total.